The van der Waals surface area contributed by atoms with Crippen molar-refractivity contribution in [3.05, 3.63) is 66.7 Å². The number of unbranched alkanes of at least 4 members (excludes halogenated alkanes) is 1. The van der Waals surface area contributed by atoms with Crippen LogP contribution in [0.15, 0.2) is 61.2 Å². The molecule has 0 spiro atoms. The van der Waals surface area contributed by atoms with Gasteiger partial charge in [-0.1, -0.05) is 48.5 Å². The van der Waals surface area contributed by atoms with Crippen LogP contribution in [0.3, 0.4) is 0 Å². The summed E-state index contributed by atoms with van der Waals surface area (Å²) in [5.41, 5.74) is 3.63. The van der Waals surface area contributed by atoms with Crippen LogP contribution < -0.4 is 4.74 Å². The third-order valence-electron chi connectivity index (χ3n) is 3.46. The van der Waals surface area contributed by atoms with Crippen molar-refractivity contribution >= 4 is 5.97 Å². The Kier molecular flexibility index (Phi) is 6.42. The first-order valence-corrected chi connectivity index (χ1v) is 7.78. The molecule has 120 valence electrons. The first kappa shape index (κ1) is 16.8. The Morgan fingerprint density at radius 2 is 1.52 bits per heavy atom. The summed E-state index contributed by atoms with van der Waals surface area (Å²) in [6, 6.07) is 16.5. The van der Waals surface area contributed by atoms with Crippen LogP contribution >= 0.6 is 0 Å². The number of aryl methyl sites for hydroxylation is 1. The lowest BCUT2D eigenvalue weighted by Crippen LogP contribution is -2.04. The standard InChI is InChI=1S/C20H22O3/c1-3-20(21)23-15-5-4-14-22-19-12-10-18(11-13-19)17-8-6-16(2)7-9-17/h3,6-13H,1,4-5,14-15H2,2H3. The van der Waals surface area contributed by atoms with E-state index in [9.17, 15) is 4.79 Å². The summed E-state index contributed by atoms with van der Waals surface area (Å²) in [4.78, 5) is 10.9. The van der Waals surface area contributed by atoms with E-state index in [0.717, 1.165) is 18.6 Å². The van der Waals surface area contributed by atoms with Gasteiger partial charge < -0.3 is 9.47 Å². The Bertz CT molecular complexity index is 627. The van der Waals surface area contributed by atoms with Crippen molar-refractivity contribution in [2.75, 3.05) is 13.2 Å². The maximum atomic E-state index is 10.9. The first-order valence-electron chi connectivity index (χ1n) is 7.78. The molecule has 0 aliphatic rings. The highest BCUT2D eigenvalue weighted by Crippen LogP contribution is 2.22. The molecule has 0 saturated carbocycles. The molecule has 0 fully saturated rings. The average Bonchev–Trinajstić information content (AvgIpc) is 2.59. The quantitative estimate of drug-likeness (QED) is 0.407. The van der Waals surface area contributed by atoms with Crippen molar-refractivity contribution in [2.24, 2.45) is 0 Å². The monoisotopic (exact) mass is 310 g/mol. The maximum Gasteiger partial charge on any atom is 0.330 e. The summed E-state index contributed by atoms with van der Waals surface area (Å²) in [6.07, 6.45) is 2.79. The summed E-state index contributed by atoms with van der Waals surface area (Å²) < 4.78 is 10.6. The van der Waals surface area contributed by atoms with Crippen molar-refractivity contribution < 1.29 is 14.3 Å². The third kappa shape index (κ3) is 5.62. The van der Waals surface area contributed by atoms with Crippen LogP contribution in [0.5, 0.6) is 5.75 Å². The molecule has 2 aromatic carbocycles. The second kappa shape index (κ2) is 8.79. The van der Waals surface area contributed by atoms with Crippen LogP contribution in [0, 0.1) is 6.92 Å². The Hall–Kier alpha value is -2.55. The van der Waals surface area contributed by atoms with Crippen molar-refractivity contribution in [1.29, 1.82) is 0 Å². The molecule has 3 nitrogen and oxygen atoms in total. The van der Waals surface area contributed by atoms with Crippen LogP contribution in [-0.4, -0.2) is 19.2 Å². The molecule has 0 unspecified atom stereocenters. The van der Waals surface area contributed by atoms with E-state index in [4.69, 9.17) is 9.47 Å². The van der Waals surface area contributed by atoms with Crippen LogP contribution in [0.4, 0.5) is 0 Å². The fourth-order valence-electron chi connectivity index (χ4n) is 2.12. The average molecular weight is 310 g/mol. The van der Waals surface area contributed by atoms with Gasteiger partial charge in [0.25, 0.3) is 0 Å². The van der Waals surface area contributed by atoms with Gasteiger partial charge in [-0.05, 0) is 43.0 Å². The lowest BCUT2D eigenvalue weighted by Gasteiger charge is -2.08. The van der Waals surface area contributed by atoms with Crippen molar-refractivity contribution in [3.63, 3.8) is 0 Å². The van der Waals surface area contributed by atoms with Gasteiger partial charge in [0.05, 0.1) is 13.2 Å². The Labute approximate surface area is 137 Å². The van der Waals surface area contributed by atoms with E-state index < -0.39 is 0 Å². The summed E-state index contributed by atoms with van der Waals surface area (Å²) in [5, 5.41) is 0. The van der Waals surface area contributed by atoms with Gasteiger partial charge in [-0.15, -0.1) is 0 Å². The SMILES string of the molecule is C=CC(=O)OCCCCOc1ccc(-c2ccc(C)cc2)cc1. The number of hydrogen-bond acceptors (Lipinski definition) is 3. The number of carbonyl (C=O) groups excluding carboxylic acids is 1. The van der Waals surface area contributed by atoms with Gasteiger partial charge in [-0.2, -0.15) is 0 Å². The smallest absolute Gasteiger partial charge is 0.330 e. The van der Waals surface area contributed by atoms with Gasteiger partial charge in [0, 0.05) is 6.08 Å². The van der Waals surface area contributed by atoms with Gasteiger partial charge in [0.15, 0.2) is 0 Å². The van der Waals surface area contributed by atoms with E-state index in [1.165, 1.54) is 22.8 Å². The van der Waals surface area contributed by atoms with Crippen LogP contribution in [0.1, 0.15) is 18.4 Å². The molecule has 0 N–H and O–H groups in total. The fourth-order valence-corrected chi connectivity index (χ4v) is 2.12. The molecule has 0 heterocycles. The Morgan fingerprint density at radius 3 is 2.13 bits per heavy atom. The molecule has 0 atom stereocenters. The fraction of sp³-hybridized carbons (Fsp3) is 0.250. The Morgan fingerprint density at radius 1 is 0.957 bits per heavy atom. The van der Waals surface area contributed by atoms with E-state index >= 15 is 0 Å². The highest BCUT2D eigenvalue weighted by atomic mass is 16.5. The summed E-state index contributed by atoms with van der Waals surface area (Å²) in [7, 11) is 0. The molecule has 2 rings (SSSR count). The number of hydrogen-bond donors (Lipinski definition) is 0. The van der Waals surface area contributed by atoms with Gasteiger partial charge >= 0.3 is 5.97 Å². The Balaban J connectivity index is 1.74. The number of benzene rings is 2. The van der Waals surface area contributed by atoms with Gasteiger partial charge in [-0.25, -0.2) is 4.79 Å². The summed E-state index contributed by atoms with van der Waals surface area (Å²) in [5.74, 6) is 0.474. The molecule has 0 amide bonds. The minimum Gasteiger partial charge on any atom is -0.494 e. The number of esters is 1. The minimum absolute atomic E-state index is 0.377. The van der Waals surface area contributed by atoms with Gasteiger partial charge in [-0.3, -0.25) is 0 Å². The molecule has 3 heteroatoms. The second-order valence-corrected chi connectivity index (χ2v) is 5.32. The zero-order valence-electron chi connectivity index (χ0n) is 13.5. The summed E-state index contributed by atoms with van der Waals surface area (Å²) >= 11 is 0. The van der Waals surface area contributed by atoms with E-state index in [1.54, 1.807) is 0 Å². The van der Waals surface area contributed by atoms with Crippen molar-refractivity contribution in [2.45, 2.75) is 19.8 Å². The predicted molar refractivity (Wildman–Crippen MR) is 92.5 cm³/mol. The number of rotatable bonds is 8. The number of carbonyl (C=O) groups is 1. The maximum absolute atomic E-state index is 10.9. The highest BCUT2D eigenvalue weighted by Gasteiger charge is 2.00. The molecule has 0 aromatic heterocycles. The molecule has 23 heavy (non-hydrogen) atoms. The molecule has 0 bridgehead atoms. The minimum atomic E-state index is -0.377. The van der Waals surface area contributed by atoms with Crippen LogP contribution in [0.2, 0.25) is 0 Å². The zero-order valence-corrected chi connectivity index (χ0v) is 13.5. The van der Waals surface area contributed by atoms with Crippen molar-refractivity contribution in [3.8, 4) is 16.9 Å². The van der Waals surface area contributed by atoms with Crippen LogP contribution in [0.25, 0.3) is 11.1 Å². The van der Waals surface area contributed by atoms with E-state index in [2.05, 4.69) is 49.9 Å². The summed E-state index contributed by atoms with van der Waals surface area (Å²) in [6.45, 7) is 6.44. The van der Waals surface area contributed by atoms with Crippen LogP contribution in [-0.2, 0) is 9.53 Å². The normalized spacial score (nSPS) is 10.1. The zero-order chi connectivity index (χ0) is 16.5. The van der Waals surface area contributed by atoms with Crippen molar-refractivity contribution in [1.82, 2.24) is 0 Å². The molecule has 0 saturated heterocycles. The predicted octanol–water partition coefficient (Wildman–Crippen LogP) is 4.55. The lowest BCUT2D eigenvalue weighted by molar-refractivity contribution is -0.137. The van der Waals surface area contributed by atoms with E-state index in [0.29, 0.717) is 13.2 Å². The molecular formula is C20H22O3. The van der Waals surface area contributed by atoms with E-state index in [1.807, 2.05) is 12.1 Å². The molecule has 0 aliphatic heterocycles. The number of ether oxygens (including phenoxy) is 2. The highest BCUT2D eigenvalue weighted by molar-refractivity contribution is 5.81. The molecule has 0 radical (unpaired) electrons. The second-order valence-electron chi connectivity index (χ2n) is 5.32. The first-order chi connectivity index (χ1) is 11.2. The van der Waals surface area contributed by atoms with Gasteiger partial charge in [0.2, 0.25) is 0 Å². The van der Waals surface area contributed by atoms with E-state index in [-0.39, 0.29) is 5.97 Å². The molecule has 0 aliphatic carbocycles. The molecular weight excluding hydrogens is 288 g/mol. The molecule has 2 aromatic rings. The third-order valence-corrected chi connectivity index (χ3v) is 3.46. The largest absolute Gasteiger partial charge is 0.494 e. The lowest BCUT2D eigenvalue weighted by atomic mass is 10.0. The van der Waals surface area contributed by atoms with Gasteiger partial charge in [0.1, 0.15) is 5.75 Å². The topological polar surface area (TPSA) is 35.5 Å².